The van der Waals surface area contributed by atoms with Crippen LogP contribution in [0.1, 0.15) is 19.8 Å². The lowest BCUT2D eigenvalue weighted by Gasteiger charge is -2.32. The van der Waals surface area contributed by atoms with E-state index >= 15 is 0 Å². The minimum Gasteiger partial charge on any atom is -0.382 e. The molecule has 0 unspecified atom stereocenters. The lowest BCUT2D eigenvalue weighted by molar-refractivity contribution is 0.229. The van der Waals surface area contributed by atoms with E-state index in [-0.39, 0.29) is 0 Å². The minimum absolute atomic E-state index is 0.634. The lowest BCUT2D eigenvalue weighted by atomic mass is 10.0. The molecule has 1 aliphatic rings. The summed E-state index contributed by atoms with van der Waals surface area (Å²) in [5, 5.41) is 3.64. The quantitative estimate of drug-likeness (QED) is 0.761. The third-order valence-electron chi connectivity index (χ3n) is 3.33. The summed E-state index contributed by atoms with van der Waals surface area (Å²) in [5.74, 6) is 0. The maximum Gasteiger partial charge on any atom is 0.0353 e. The number of anilines is 1. The van der Waals surface area contributed by atoms with Gasteiger partial charge in [0.1, 0.15) is 0 Å². The first-order valence-electron chi connectivity index (χ1n) is 6.13. The fourth-order valence-corrected chi connectivity index (χ4v) is 2.98. The number of piperidine rings is 1. The van der Waals surface area contributed by atoms with Crippen LogP contribution in [0.2, 0.25) is 0 Å². The zero-order valence-corrected chi connectivity index (χ0v) is 13.8. The molecule has 1 aromatic carbocycles. The molecule has 1 N–H and O–H groups in total. The number of likely N-dealkylation sites (tertiary alicyclic amines) is 1. The van der Waals surface area contributed by atoms with Crippen molar-refractivity contribution < 1.29 is 0 Å². The monoisotopic (exact) mass is 408 g/mol. The molecule has 0 aromatic heterocycles. The van der Waals surface area contributed by atoms with E-state index in [9.17, 15) is 0 Å². The van der Waals surface area contributed by atoms with Crippen molar-refractivity contribution in [1.29, 1.82) is 0 Å². The average Bonchev–Trinajstić information content (AvgIpc) is 2.35. The summed E-state index contributed by atoms with van der Waals surface area (Å²) in [7, 11) is 0. The van der Waals surface area contributed by atoms with Crippen molar-refractivity contribution in [2.45, 2.75) is 25.8 Å². The highest BCUT2D eigenvalue weighted by Crippen LogP contribution is 2.24. The smallest absolute Gasteiger partial charge is 0.0353 e. The zero-order chi connectivity index (χ0) is 12.3. The predicted molar refractivity (Wildman–Crippen MR) is 85.6 cm³/mol. The van der Waals surface area contributed by atoms with Crippen molar-refractivity contribution in [2.24, 2.45) is 0 Å². The van der Waals surface area contributed by atoms with E-state index in [1.165, 1.54) is 46.2 Å². The van der Waals surface area contributed by atoms with Gasteiger partial charge in [0.05, 0.1) is 0 Å². The van der Waals surface area contributed by atoms with Gasteiger partial charge in [0, 0.05) is 32.9 Å². The van der Waals surface area contributed by atoms with E-state index < -0.39 is 0 Å². The van der Waals surface area contributed by atoms with E-state index in [0.717, 1.165) is 0 Å². The molecule has 0 atom stereocenters. The second-order valence-electron chi connectivity index (χ2n) is 4.48. The van der Waals surface area contributed by atoms with Gasteiger partial charge in [-0.1, -0.05) is 6.92 Å². The summed E-state index contributed by atoms with van der Waals surface area (Å²) < 4.78 is 2.43. The maximum atomic E-state index is 3.64. The lowest BCUT2D eigenvalue weighted by Crippen LogP contribution is -2.38. The molecule has 17 heavy (non-hydrogen) atoms. The van der Waals surface area contributed by atoms with Gasteiger partial charge in [0.25, 0.3) is 0 Å². The van der Waals surface area contributed by atoms with Crippen LogP contribution < -0.4 is 5.32 Å². The van der Waals surface area contributed by atoms with Gasteiger partial charge >= 0.3 is 0 Å². The van der Waals surface area contributed by atoms with Crippen LogP contribution >= 0.6 is 38.5 Å². The fraction of sp³-hybridized carbons (Fsp3) is 0.538. The number of rotatable bonds is 3. The molecule has 0 radical (unpaired) electrons. The molecule has 1 heterocycles. The Hall–Kier alpha value is 0.190. The molecule has 1 aliphatic heterocycles. The van der Waals surface area contributed by atoms with Crippen LogP contribution in [-0.2, 0) is 0 Å². The SMILES string of the molecule is CCN1CCC(Nc2ccc(Br)c(I)c2)CC1. The van der Waals surface area contributed by atoms with Crippen LogP contribution in [0.4, 0.5) is 5.69 Å². The fourth-order valence-electron chi connectivity index (χ4n) is 2.22. The van der Waals surface area contributed by atoms with Crippen molar-refractivity contribution in [3.05, 3.63) is 26.2 Å². The molecule has 4 heteroatoms. The highest BCUT2D eigenvalue weighted by atomic mass is 127. The first-order valence-corrected chi connectivity index (χ1v) is 8.00. The van der Waals surface area contributed by atoms with Crippen molar-refractivity contribution in [3.8, 4) is 0 Å². The molecule has 0 spiro atoms. The minimum atomic E-state index is 0.634. The largest absolute Gasteiger partial charge is 0.382 e. The van der Waals surface area contributed by atoms with E-state index in [4.69, 9.17) is 0 Å². The molecule has 0 bridgehead atoms. The third kappa shape index (κ3) is 3.83. The Bertz CT molecular complexity index is 376. The topological polar surface area (TPSA) is 15.3 Å². The molecule has 2 rings (SSSR count). The standard InChI is InChI=1S/C13H18BrIN2/c1-2-17-7-5-10(6-8-17)16-11-3-4-12(14)13(15)9-11/h3-4,9-10,16H,2,5-8H2,1H3. The van der Waals surface area contributed by atoms with Gasteiger partial charge < -0.3 is 10.2 Å². The second kappa shape index (κ2) is 6.38. The van der Waals surface area contributed by atoms with Crippen LogP contribution in [0.25, 0.3) is 0 Å². The van der Waals surface area contributed by atoms with E-state index in [2.05, 4.69) is 73.9 Å². The number of benzene rings is 1. The number of halogens is 2. The number of nitrogens with one attached hydrogen (secondary N) is 1. The predicted octanol–water partition coefficient (Wildman–Crippen LogP) is 3.95. The van der Waals surface area contributed by atoms with Gasteiger partial charge in [-0.25, -0.2) is 0 Å². The maximum absolute atomic E-state index is 3.64. The summed E-state index contributed by atoms with van der Waals surface area (Å²) >= 11 is 5.89. The van der Waals surface area contributed by atoms with Gasteiger partial charge in [-0.2, -0.15) is 0 Å². The van der Waals surface area contributed by atoms with Gasteiger partial charge in [-0.3, -0.25) is 0 Å². The van der Waals surface area contributed by atoms with Gasteiger partial charge in [-0.05, 0) is 76.1 Å². The second-order valence-corrected chi connectivity index (χ2v) is 6.50. The summed E-state index contributed by atoms with van der Waals surface area (Å²) in [6.07, 6.45) is 2.50. The Morgan fingerprint density at radius 2 is 2.12 bits per heavy atom. The van der Waals surface area contributed by atoms with Gasteiger partial charge in [-0.15, -0.1) is 0 Å². The van der Waals surface area contributed by atoms with Crippen molar-refractivity contribution in [2.75, 3.05) is 25.0 Å². The summed E-state index contributed by atoms with van der Waals surface area (Å²) in [5.41, 5.74) is 1.24. The Kier molecular flexibility index (Phi) is 5.11. The summed E-state index contributed by atoms with van der Waals surface area (Å²) in [6.45, 7) is 5.87. The first kappa shape index (κ1) is 13.6. The number of nitrogens with zero attached hydrogens (tertiary/aromatic N) is 1. The van der Waals surface area contributed by atoms with Crippen LogP contribution in [-0.4, -0.2) is 30.6 Å². The molecule has 0 aliphatic carbocycles. The third-order valence-corrected chi connectivity index (χ3v) is 5.65. The molecule has 94 valence electrons. The van der Waals surface area contributed by atoms with Crippen molar-refractivity contribution in [1.82, 2.24) is 4.90 Å². The Morgan fingerprint density at radius 1 is 1.41 bits per heavy atom. The Balaban J connectivity index is 1.91. The zero-order valence-electron chi connectivity index (χ0n) is 10.0. The molecule has 0 saturated carbocycles. The molecule has 1 aromatic rings. The van der Waals surface area contributed by atoms with Crippen molar-refractivity contribution in [3.63, 3.8) is 0 Å². The van der Waals surface area contributed by atoms with Crippen LogP contribution in [0.15, 0.2) is 22.7 Å². The number of hydrogen-bond donors (Lipinski definition) is 1. The first-order chi connectivity index (χ1) is 8.19. The molecular formula is C13H18BrIN2. The summed E-state index contributed by atoms with van der Waals surface area (Å²) in [6, 6.07) is 7.11. The average molecular weight is 409 g/mol. The van der Waals surface area contributed by atoms with Crippen molar-refractivity contribution >= 4 is 44.2 Å². The van der Waals surface area contributed by atoms with Crippen LogP contribution in [0, 0.1) is 3.57 Å². The Morgan fingerprint density at radius 3 is 2.71 bits per heavy atom. The molecule has 1 fully saturated rings. The highest BCUT2D eigenvalue weighted by Gasteiger charge is 2.17. The van der Waals surface area contributed by atoms with Crippen LogP contribution in [0.5, 0.6) is 0 Å². The summed E-state index contributed by atoms with van der Waals surface area (Å²) in [4.78, 5) is 2.52. The molecular weight excluding hydrogens is 391 g/mol. The molecule has 2 nitrogen and oxygen atoms in total. The van der Waals surface area contributed by atoms with Gasteiger partial charge in [0.2, 0.25) is 0 Å². The molecule has 1 saturated heterocycles. The molecule has 0 amide bonds. The van der Waals surface area contributed by atoms with E-state index in [1.54, 1.807) is 0 Å². The number of hydrogen-bond acceptors (Lipinski definition) is 2. The Labute approximate surface area is 125 Å². The van der Waals surface area contributed by atoms with E-state index in [0.29, 0.717) is 6.04 Å². The highest BCUT2D eigenvalue weighted by molar-refractivity contribution is 14.1. The van der Waals surface area contributed by atoms with E-state index in [1.807, 2.05) is 0 Å². The van der Waals surface area contributed by atoms with Gasteiger partial charge in [0.15, 0.2) is 0 Å². The van der Waals surface area contributed by atoms with Crippen LogP contribution in [0.3, 0.4) is 0 Å². The normalized spacial score (nSPS) is 18.3.